The maximum atomic E-state index is 15.1. The Hall–Kier alpha value is -3.89. The summed E-state index contributed by atoms with van der Waals surface area (Å²) >= 11 is 0. The quantitative estimate of drug-likeness (QED) is 0.323. The van der Waals surface area contributed by atoms with E-state index in [-0.39, 0.29) is 35.5 Å². The number of hydrogen-bond acceptors (Lipinski definition) is 7. The topological polar surface area (TPSA) is 122 Å². The number of β-amino-alcohol motifs (C(OH)–C–C–N with tert-alkyl or cyclic N) is 1. The van der Waals surface area contributed by atoms with Gasteiger partial charge in [-0.2, -0.15) is 5.10 Å². The second-order valence-corrected chi connectivity index (χ2v) is 10.5. The van der Waals surface area contributed by atoms with Gasteiger partial charge in [-0.1, -0.05) is 6.92 Å². The third-order valence-corrected chi connectivity index (χ3v) is 7.88. The third kappa shape index (κ3) is 4.39. The van der Waals surface area contributed by atoms with Gasteiger partial charge in [0.2, 0.25) is 5.91 Å². The van der Waals surface area contributed by atoms with E-state index in [1.165, 1.54) is 6.20 Å². The van der Waals surface area contributed by atoms with Gasteiger partial charge < -0.3 is 16.2 Å². The highest BCUT2D eigenvalue weighted by Crippen LogP contribution is 2.54. The average Bonchev–Trinajstić information content (AvgIpc) is 3.33. The van der Waals surface area contributed by atoms with Gasteiger partial charge in [-0.25, -0.2) is 9.37 Å². The maximum Gasteiger partial charge on any atom is 0.229 e. The molecule has 0 bridgehead atoms. The van der Waals surface area contributed by atoms with Gasteiger partial charge >= 0.3 is 0 Å². The number of anilines is 2. The molecule has 3 atom stereocenters. The standard InChI is InChI=1S/C28H30FN7O2/c1-15-3-4-31-10-21(15)20-7-17-8-23(32-11-22(17)27(30)26(20)29)34-28(38)25-16(2)24(25)18-9-33-36(12-18)6-5-35-13-19(37)14-35/h3-4,7-12,16,19,24-25,37H,5-6,13-14,30H2,1-2H3,(H,32,34,38)/t16-,24+,25-/m1/s1. The molecule has 0 unspecified atom stereocenters. The Morgan fingerprint density at radius 1 is 1.21 bits per heavy atom. The number of fused-ring (bicyclic) bond motifs is 1. The van der Waals surface area contributed by atoms with E-state index in [0.29, 0.717) is 40.8 Å². The van der Waals surface area contributed by atoms with Gasteiger partial charge in [0, 0.05) is 72.8 Å². The molecule has 1 saturated heterocycles. The largest absolute Gasteiger partial charge is 0.396 e. The van der Waals surface area contributed by atoms with Crippen molar-refractivity contribution in [3.8, 4) is 11.1 Å². The summed E-state index contributed by atoms with van der Waals surface area (Å²) in [5.74, 6) is -0.112. The molecule has 196 valence electrons. The molecule has 1 aliphatic carbocycles. The highest BCUT2D eigenvalue weighted by molar-refractivity contribution is 6.00. The number of aryl methyl sites for hydroxylation is 1. The summed E-state index contributed by atoms with van der Waals surface area (Å²) in [6.07, 6.45) is 8.42. The van der Waals surface area contributed by atoms with Gasteiger partial charge in [-0.15, -0.1) is 0 Å². The summed E-state index contributed by atoms with van der Waals surface area (Å²) in [6.45, 7) is 6.97. The smallest absolute Gasteiger partial charge is 0.229 e. The van der Waals surface area contributed by atoms with E-state index in [2.05, 4.69) is 32.2 Å². The van der Waals surface area contributed by atoms with Crippen LogP contribution >= 0.6 is 0 Å². The van der Waals surface area contributed by atoms with Crippen molar-refractivity contribution >= 4 is 28.2 Å². The van der Waals surface area contributed by atoms with Gasteiger partial charge in [0.1, 0.15) is 5.82 Å². The predicted molar refractivity (Wildman–Crippen MR) is 143 cm³/mol. The Morgan fingerprint density at radius 2 is 2.03 bits per heavy atom. The molecule has 6 rings (SSSR count). The molecule has 1 aliphatic heterocycles. The SMILES string of the molecule is Cc1ccncc1-c1cc2cc(NC(=O)[C@@H]3[C@H](C)[C@H]3c3cnn(CCN4CC(O)C4)c3)ncc2c(N)c1F. The number of carbonyl (C=O) groups is 1. The molecule has 1 saturated carbocycles. The number of aliphatic hydroxyl groups is 1. The summed E-state index contributed by atoms with van der Waals surface area (Å²) < 4.78 is 17.0. The number of nitrogen functional groups attached to an aromatic ring is 1. The molecule has 1 aromatic carbocycles. The highest BCUT2D eigenvalue weighted by atomic mass is 19.1. The Morgan fingerprint density at radius 3 is 2.79 bits per heavy atom. The van der Waals surface area contributed by atoms with Crippen LogP contribution in [0.5, 0.6) is 0 Å². The van der Waals surface area contributed by atoms with E-state index in [9.17, 15) is 9.90 Å². The van der Waals surface area contributed by atoms with Crippen LogP contribution in [0.25, 0.3) is 21.9 Å². The number of pyridine rings is 2. The fourth-order valence-electron chi connectivity index (χ4n) is 5.54. The lowest BCUT2D eigenvalue weighted by Crippen LogP contribution is -2.51. The summed E-state index contributed by atoms with van der Waals surface area (Å²) in [5.41, 5.74) is 9.11. The Kier molecular flexibility index (Phi) is 6.08. The van der Waals surface area contributed by atoms with E-state index in [1.807, 2.05) is 30.1 Å². The Balaban J connectivity index is 1.17. The summed E-state index contributed by atoms with van der Waals surface area (Å²) in [5, 5.41) is 18.0. The van der Waals surface area contributed by atoms with Crippen molar-refractivity contribution in [2.75, 3.05) is 30.7 Å². The molecule has 3 aromatic heterocycles. The van der Waals surface area contributed by atoms with Crippen molar-refractivity contribution in [2.24, 2.45) is 11.8 Å². The van der Waals surface area contributed by atoms with E-state index in [1.54, 1.807) is 24.5 Å². The van der Waals surface area contributed by atoms with Crippen molar-refractivity contribution in [3.63, 3.8) is 0 Å². The molecule has 0 radical (unpaired) electrons. The van der Waals surface area contributed by atoms with Gasteiger partial charge in [0.15, 0.2) is 5.82 Å². The van der Waals surface area contributed by atoms with E-state index in [4.69, 9.17) is 5.73 Å². The monoisotopic (exact) mass is 515 g/mol. The van der Waals surface area contributed by atoms with Crippen molar-refractivity contribution < 1.29 is 14.3 Å². The summed E-state index contributed by atoms with van der Waals surface area (Å²) in [4.78, 5) is 23.8. The van der Waals surface area contributed by atoms with Crippen LogP contribution < -0.4 is 11.1 Å². The van der Waals surface area contributed by atoms with Crippen LogP contribution in [0.1, 0.15) is 24.0 Å². The summed E-state index contributed by atoms with van der Waals surface area (Å²) in [6, 6.07) is 5.27. The van der Waals surface area contributed by atoms with Gasteiger partial charge in [-0.3, -0.25) is 19.4 Å². The number of hydrogen-bond donors (Lipinski definition) is 3. The third-order valence-electron chi connectivity index (χ3n) is 7.88. The van der Waals surface area contributed by atoms with Gasteiger partial charge in [0.05, 0.1) is 24.5 Å². The van der Waals surface area contributed by atoms with Crippen LogP contribution in [-0.4, -0.2) is 61.4 Å². The number of nitrogens with one attached hydrogen (secondary N) is 1. The number of nitrogens with zero attached hydrogens (tertiary/aromatic N) is 5. The van der Waals surface area contributed by atoms with Crippen molar-refractivity contribution in [1.29, 1.82) is 0 Å². The Labute approximate surface area is 219 Å². The number of aromatic nitrogens is 4. The molecule has 1 amide bonds. The Bertz CT molecular complexity index is 1530. The van der Waals surface area contributed by atoms with E-state index >= 15 is 4.39 Å². The van der Waals surface area contributed by atoms with Crippen LogP contribution in [0.2, 0.25) is 0 Å². The molecule has 4 N–H and O–H groups in total. The maximum absolute atomic E-state index is 15.1. The molecule has 4 heterocycles. The fourth-order valence-corrected chi connectivity index (χ4v) is 5.54. The molecule has 0 spiro atoms. The first kappa shape index (κ1) is 24.4. The molecule has 9 nitrogen and oxygen atoms in total. The lowest BCUT2D eigenvalue weighted by atomic mass is 9.98. The fraction of sp³-hybridized carbons (Fsp3) is 0.357. The number of rotatable bonds is 7. The minimum Gasteiger partial charge on any atom is -0.396 e. The van der Waals surface area contributed by atoms with Crippen LogP contribution in [-0.2, 0) is 11.3 Å². The lowest BCUT2D eigenvalue weighted by molar-refractivity contribution is -0.117. The highest BCUT2D eigenvalue weighted by Gasteiger charge is 2.53. The number of halogens is 1. The van der Waals surface area contributed by atoms with E-state index < -0.39 is 5.82 Å². The number of amides is 1. The zero-order valence-corrected chi connectivity index (χ0v) is 21.3. The van der Waals surface area contributed by atoms with Crippen molar-refractivity contribution in [3.05, 3.63) is 66.1 Å². The first-order valence-electron chi connectivity index (χ1n) is 12.8. The molecule has 10 heteroatoms. The molecule has 38 heavy (non-hydrogen) atoms. The van der Waals surface area contributed by atoms with Crippen LogP contribution in [0.15, 0.2) is 49.2 Å². The normalized spacial score (nSPS) is 21.4. The minimum atomic E-state index is -0.509. The lowest BCUT2D eigenvalue weighted by Gasteiger charge is -2.35. The second kappa shape index (κ2) is 9.45. The first-order chi connectivity index (χ1) is 18.3. The van der Waals surface area contributed by atoms with Crippen molar-refractivity contribution in [2.45, 2.75) is 32.4 Å². The minimum absolute atomic E-state index is 0.0179. The van der Waals surface area contributed by atoms with Crippen LogP contribution in [0.3, 0.4) is 0 Å². The molecule has 2 aliphatic rings. The number of aliphatic hydroxyl groups excluding tert-OH is 1. The van der Waals surface area contributed by atoms with Crippen LogP contribution in [0.4, 0.5) is 15.9 Å². The average molecular weight is 516 g/mol. The van der Waals surface area contributed by atoms with Gasteiger partial charge in [0.25, 0.3) is 0 Å². The van der Waals surface area contributed by atoms with E-state index in [0.717, 1.165) is 24.2 Å². The summed E-state index contributed by atoms with van der Waals surface area (Å²) in [7, 11) is 0. The molecular formula is C28H30FN7O2. The number of likely N-dealkylation sites (tertiary alicyclic amines) is 1. The molecular weight excluding hydrogens is 485 g/mol. The first-order valence-corrected chi connectivity index (χ1v) is 12.8. The predicted octanol–water partition coefficient (Wildman–Crippen LogP) is 3.19. The van der Waals surface area contributed by atoms with Crippen molar-refractivity contribution in [1.82, 2.24) is 24.6 Å². The second-order valence-electron chi connectivity index (χ2n) is 10.5. The molecule has 4 aromatic rings. The zero-order valence-electron chi connectivity index (χ0n) is 21.3. The zero-order chi connectivity index (χ0) is 26.6. The molecule has 2 fully saturated rings. The van der Waals surface area contributed by atoms with Crippen LogP contribution in [0, 0.1) is 24.6 Å². The number of carbonyl (C=O) groups excluding carboxylic acids is 1. The number of nitrogens with two attached hydrogens (primary N) is 1. The number of benzene rings is 1. The van der Waals surface area contributed by atoms with Gasteiger partial charge in [-0.05, 0) is 47.6 Å².